The third kappa shape index (κ3) is 4.50. The summed E-state index contributed by atoms with van der Waals surface area (Å²) in [5.74, 6) is 0.110. The maximum Gasteiger partial charge on any atom is 0.270 e. The smallest absolute Gasteiger partial charge is 0.270 e. The molecule has 5 nitrogen and oxygen atoms in total. The average molecular weight is 285 g/mol. The Bertz CT molecular complexity index is 474. The van der Waals surface area contributed by atoms with Crippen molar-refractivity contribution in [3.05, 3.63) is 29.6 Å². The van der Waals surface area contributed by atoms with Crippen LogP contribution in [0.1, 0.15) is 23.0 Å². The highest BCUT2D eigenvalue weighted by molar-refractivity contribution is 7.84. The van der Waals surface area contributed by atoms with E-state index in [0.29, 0.717) is 11.3 Å². The van der Waals surface area contributed by atoms with Crippen molar-refractivity contribution >= 4 is 33.9 Å². The Kier molecular flexibility index (Phi) is 5.36. The highest BCUT2D eigenvalue weighted by Crippen LogP contribution is 2.01. The van der Waals surface area contributed by atoms with Crippen LogP contribution in [-0.2, 0) is 10.8 Å². The van der Waals surface area contributed by atoms with Crippen LogP contribution in [0.25, 0.3) is 0 Å². The Balaban J connectivity index is 2.67. The van der Waals surface area contributed by atoms with Gasteiger partial charge in [-0.05, 0) is 19.1 Å². The first kappa shape index (κ1) is 14.7. The van der Waals surface area contributed by atoms with Gasteiger partial charge in [0.25, 0.3) is 5.91 Å². The summed E-state index contributed by atoms with van der Waals surface area (Å²) in [6.07, 6.45) is 3.05. The van der Waals surface area contributed by atoms with E-state index < -0.39 is 10.8 Å². The predicted octanol–water partition coefficient (Wildman–Crippen LogP) is 0.213. The molecular formula is C11H15N3O2S2. The number of carbonyl (C=O) groups excluding carboxylic acids is 1. The number of nitrogens with one attached hydrogen (secondary N) is 1. The summed E-state index contributed by atoms with van der Waals surface area (Å²) in [4.78, 5) is 16.0. The van der Waals surface area contributed by atoms with E-state index >= 15 is 0 Å². The van der Waals surface area contributed by atoms with E-state index in [1.807, 2.05) is 0 Å². The molecule has 0 saturated carbocycles. The SMILES string of the molecule is CC(CS(C)=O)NC(=O)c1ccc(C(N)=S)cn1. The molecule has 98 valence electrons. The van der Waals surface area contributed by atoms with Crippen LogP contribution in [0.3, 0.4) is 0 Å². The van der Waals surface area contributed by atoms with Crippen LogP contribution >= 0.6 is 12.2 Å². The van der Waals surface area contributed by atoms with Gasteiger partial charge in [0.05, 0.1) is 0 Å². The first-order valence-electron chi connectivity index (χ1n) is 5.27. The van der Waals surface area contributed by atoms with Gasteiger partial charge in [0.1, 0.15) is 10.7 Å². The van der Waals surface area contributed by atoms with Gasteiger partial charge in [0, 0.05) is 40.6 Å². The van der Waals surface area contributed by atoms with E-state index in [0.717, 1.165) is 0 Å². The molecule has 0 aliphatic carbocycles. The molecule has 0 bridgehead atoms. The molecule has 18 heavy (non-hydrogen) atoms. The van der Waals surface area contributed by atoms with Gasteiger partial charge in [-0.15, -0.1) is 0 Å². The van der Waals surface area contributed by atoms with Gasteiger partial charge >= 0.3 is 0 Å². The fourth-order valence-corrected chi connectivity index (χ4v) is 2.27. The van der Waals surface area contributed by atoms with E-state index in [1.54, 1.807) is 25.3 Å². The number of aromatic nitrogens is 1. The fourth-order valence-electron chi connectivity index (χ4n) is 1.37. The molecule has 1 amide bonds. The number of rotatable bonds is 5. The molecule has 0 spiro atoms. The van der Waals surface area contributed by atoms with Gasteiger partial charge < -0.3 is 11.1 Å². The highest BCUT2D eigenvalue weighted by atomic mass is 32.2. The number of nitrogens with two attached hydrogens (primary N) is 1. The van der Waals surface area contributed by atoms with E-state index in [4.69, 9.17) is 18.0 Å². The third-order valence-corrected chi connectivity index (χ3v) is 3.35. The summed E-state index contributed by atoms with van der Waals surface area (Å²) >= 11 is 4.79. The Labute approximate surface area is 114 Å². The van der Waals surface area contributed by atoms with E-state index in [9.17, 15) is 9.00 Å². The van der Waals surface area contributed by atoms with E-state index in [2.05, 4.69) is 10.3 Å². The molecule has 1 rings (SSSR count). The maximum atomic E-state index is 11.8. The molecule has 0 aliphatic heterocycles. The predicted molar refractivity (Wildman–Crippen MR) is 76.0 cm³/mol. The van der Waals surface area contributed by atoms with Crippen LogP contribution in [0.5, 0.6) is 0 Å². The lowest BCUT2D eigenvalue weighted by Crippen LogP contribution is -2.36. The van der Waals surface area contributed by atoms with Crippen molar-refractivity contribution < 1.29 is 9.00 Å². The van der Waals surface area contributed by atoms with Crippen LogP contribution < -0.4 is 11.1 Å². The number of pyridine rings is 1. The summed E-state index contributed by atoms with van der Waals surface area (Å²) in [6.45, 7) is 1.79. The van der Waals surface area contributed by atoms with Crippen molar-refractivity contribution in [2.24, 2.45) is 5.73 Å². The van der Waals surface area contributed by atoms with Crippen molar-refractivity contribution in [2.75, 3.05) is 12.0 Å². The molecule has 1 aromatic rings. The minimum absolute atomic E-state index is 0.166. The van der Waals surface area contributed by atoms with Crippen LogP contribution in [0, 0.1) is 0 Å². The molecule has 1 heterocycles. The second-order valence-electron chi connectivity index (χ2n) is 3.91. The lowest BCUT2D eigenvalue weighted by Gasteiger charge is -2.11. The van der Waals surface area contributed by atoms with Gasteiger partial charge in [-0.2, -0.15) is 0 Å². The number of amides is 1. The minimum atomic E-state index is -0.947. The van der Waals surface area contributed by atoms with Crippen molar-refractivity contribution in [3.63, 3.8) is 0 Å². The molecule has 3 N–H and O–H groups in total. The van der Waals surface area contributed by atoms with Crippen LogP contribution in [-0.4, -0.2) is 38.1 Å². The van der Waals surface area contributed by atoms with Gasteiger partial charge in [-0.25, -0.2) is 0 Å². The summed E-state index contributed by atoms with van der Waals surface area (Å²) in [6, 6.07) is 3.03. The molecule has 0 aromatic carbocycles. The van der Waals surface area contributed by atoms with Crippen molar-refractivity contribution in [1.29, 1.82) is 0 Å². The zero-order chi connectivity index (χ0) is 13.7. The maximum absolute atomic E-state index is 11.8. The zero-order valence-corrected chi connectivity index (χ0v) is 11.8. The van der Waals surface area contributed by atoms with Gasteiger partial charge in [-0.3, -0.25) is 14.0 Å². The number of thiocarbonyl (C=S) groups is 1. The summed E-state index contributed by atoms with van der Waals surface area (Å²) < 4.78 is 11.0. The topological polar surface area (TPSA) is 85.1 Å². The average Bonchev–Trinajstić information content (AvgIpc) is 2.27. The van der Waals surface area contributed by atoms with Crippen molar-refractivity contribution in [1.82, 2.24) is 10.3 Å². The molecule has 0 aliphatic rings. The molecule has 2 unspecified atom stereocenters. The van der Waals surface area contributed by atoms with Gasteiger partial charge in [-0.1, -0.05) is 12.2 Å². The molecular weight excluding hydrogens is 270 g/mol. The number of hydrogen-bond donors (Lipinski definition) is 2. The largest absolute Gasteiger partial charge is 0.389 e. The second kappa shape index (κ2) is 6.55. The molecule has 2 atom stereocenters. The molecule has 1 aromatic heterocycles. The lowest BCUT2D eigenvalue weighted by molar-refractivity contribution is 0.0938. The van der Waals surface area contributed by atoms with Crippen LogP contribution in [0.2, 0.25) is 0 Å². The minimum Gasteiger partial charge on any atom is -0.389 e. The quantitative estimate of drug-likeness (QED) is 0.756. The fraction of sp³-hybridized carbons (Fsp3) is 0.364. The lowest BCUT2D eigenvalue weighted by atomic mass is 10.2. The Morgan fingerprint density at radius 3 is 2.72 bits per heavy atom. The standard InChI is InChI=1S/C11H15N3O2S2/c1-7(6-18(2)16)14-11(15)9-4-3-8(5-13-9)10(12)17/h3-5,7H,6H2,1-2H3,(H2,12,17)(H,14,15). The molecule has 0 fully saturated rings. The van der Waals surface area contributed by atoms with Gasteiger partial charge in [0.2, 0.25) is 0 Å². The number of carbonyl (C=O) groups is 1. The Morgan fingerprint density at radius 2 is 2.28 bits per heavy atom. The normalized spacial score (nSPS) is 13.7. The first-order chi connectivity index (χ1) is 8.40. The monoisotopic (exact) mass is 285 g/mol. The second-order valence-corrected chi connectivity index (χ2v) is 5.83. The molecule has 0 radical (unpaired) electrons. The van der Waals surface area contributed by atoms with Crippen molar-refractivity contribution in [3.8, 4) is 0 Å². The summed E-state index contributed by atoms with van der Waals surface area (Å²) in [7, 11) is -0.947. The van der Waals surface area contributed by atoms with E-state index in [1.165, 1.54) is 6.20 Å². The van der Waals surface area contributed by atoms with Crippen LogP contribution in [0.4, 0.5) is 0 Å². The number of hydrogen-bond acceptors (Lipinski definition) is 4. The highest BCUT2D eigenvalue weighted by Gasteiger charge is 2.12. The molecule has 7 heteroatoms. The molecule has 0 saturated heterocycles. The Morgan fingerprint density at radius 1 is 1.61 bits per heavy atom. The summed E-state index contributed by atoms with van der Waals surface area (Å²) in [5.41, 5.74) is 6.33. The number of nitrogens with zero attached hydrogens (tertiary/aromatic N) is 1. The third-order valence-electron chi connectivity index (χ3n) is 2.14. The summed E-state index contributed by atoms with van der Waals surface area (Å²) in [5, 5.41) is 2.72. The zero-order valence-electron chi connectivity index (χ0n) is 10.2. The first-order valence-corrected chi connectivity index (χ1v) is 7.40. The Hall–Kier alpha value is -1.34. The van der Waals surface area contributed by atoms with Crippen LogP contribution in [0.15, 0.2) is 18.3 Å². The van der Waals surface area contributed by atoms with Gasteiger partial charge in [0.15, 0.2) is 0 Å². The van der Waals surface area contributed by atoms with Crippen molar-refractivity contribution in [2.45, 2.75) is 13.0 Å². The van der Waals surface area contributed by atoms with E-state index in [-0.39, 0.29) is 22.6 Å².